The van der Waals surface area contributed by atoms with Crippen LogP contribution in [0.1, 0.15) is 18.4 Å². The summed E-state index contributed by atoms with van der Waals surface area (Å²) in [6.45, 7) is -0.368. The molecular formula is C20H28N4O7S. The molecule has 1 rings (SSSR count). The number of aliphatic carboxylic acids is 2. The van der Waals surface area contributed by atoms with E-state index in [4.69, 9.17) is 10.8 Å². The maximum atomic E-state index is 12.8. The van der Waals surface area contributed by atoms with Crippen LogP contribution in [-0.2, 0) is 30.4 Å². The van der Waals surface area contributed by atoms with Crippen molar-refractivity contribution in [2.24, 2.45) is 5.73 Å². The molecule has 3 amide bonds. The van der Waals surface area contributed by atoms with Crippen molar-refractivity contribution in [3.8, 4) is 0 Å². The SMILES string of the molecule is CSCCC(NC(=O)C(CC(=O)O)NC(=O)C(Cc1ccccc1)NC(=O)CN)C(=O)O. The lowest BCUT2D eigenvalue weighted by molar-refractivity contribution is -0.143. The first-order valence-electron chi connectivity index (χ1n) is 9.75. The molecule has 0 saturated carbocycles. The molecule has 32 heavy (non-hydrogen) atoms. The van der Waals surface area contributed by atoms with E-state index in [1.165, 1.54) is 11.8 Å². The molecule has 3 atom stereocenters. The van der Waals surface area contributed by atoms with Crippen LogP contribution in [0.4, 0.5) is 0 Å². The Morgan fingerprint density at radius 2 is 1.53 bits per heavy atom. The van der Waals surface area contributed by atoms with E-state index < -0.39 is 54.2 Å². The van der Waals surface area contributed by atoms with Crippen LogP contribution in [0.15, 0.2) is 30.3 Å². The predicted molar refractivity (Wildman–Crippen MR) is 118 cm³/mol. The first-order chi connectivity index (χ1) is 15.2. The lowest BCUT2D eigenvalue weighted by atomic mass is 10.0. The van der Waals surface area contributed by atoms with Gasteiger partial charge >= 0.3 is 11.9 Å². The minimum absolute atomic E-state index is 0.0747. The van der Waals surface area contributed by atoms with Crippen LogP contribution >= 0.6 is 11.8 Å². The minimum atomic E-state index is -1.54. The molecule has 1 aromatic carbocycles. The van der Waals surface area contributed by atoms with E-state index in [0.29, 0.717) is 11.3 Å². The molecule has 7 N–H and O–H groups in total. The molecule has 0 aliphatic rings. The van der Waals surface area contributed by atoms with Crippen LogP contribution in [-0.4, -0.2) is 76.6 Å². The van der Waals surface area contributed by atoms with Crippen LogP contribution in [0.25, 0.3) is 0 Å². The van der Waals surface area contributed by atoms with E-state index in [1.807, 2.05) is 0 Å². The van der Waals surface area contributed by atoms with Gasteiger partial charge in [0, 0.05) is 6.42 Å². The fourth-order valence-corrected chi connectivity index (χ4v) is 3.21. The fourth-order valence-electron chi connectivity index (χ4n) is 2.73. The molecule has 12 heteroatoms. The van der Waals surface area contributed by atoms with Gasteiger partial charge in [0.05, 0.1) is 13.0 Å². The van der Waals surface area contributed by atoms with E-state index in [2.05, 4.69) is 16.0 Å². The van der Waals surface area contributed by atoms with Crippen molar-refractivity contribution in [1.82, 2.24) is 16.0 Å². The topological polar surface area (TPSA) is 188 Å². The third kappa shape index (κ3) is 9.79. The zero-order chi connectivity index (χ0) is 24.1. The van der Waals surface area contributed by atoms with Crippen molar-refractivity contribution in [2.45, 2.75) is 37.4 Å². The molecule has 0 aliphatic carbocycles. The number of nitrogens with one attached hydrogen (secondary N) is 3. The van der Waals surface area contributed by atoms with Gasteiger partial charge in [0.15, 0.2) is 0 Å². The van der Waals surface area contributed by atoms with Gasteiger partial charge in [0.1, 0.15) is 18.1 Å². The molecule has 0 aromatic heterocycles. The number of hydrogen-bond acceptors (Lipinski definition) is 7. The third-order valence-corrected chi connectivity index (χ3v) is 5.00. The summed E-state index contributed by atoms with van der Waals surface area (Å²) in [6, 6.07) is 4.85. The van der Waals surface area contributed by atoms with E-state index in [9.17, 15) is 29.1 Å². The highest BCUT2D eigenvalue weighted by Crippen LogP contribution is 2.06. The molecule has 0 fully saturated rings. The highest BCUT2D eigenvalue weighted by atomic mass is 32.2. The molecule has 11 nitrogen and oxygen atoms in total. The lowest BCUT2D eigenvalue weighted by Gasteiger charge is -2.23. The predicted octanol–water partition coefficient (Wildman–Crippen LogP) is -1.05. The smallest absolute Gasteiger partial charge is 0.326 e. The van der Waals surface area contributed by atoms with Crippen molar-refractivity contribution in [1.29, 1.82) is 0 Å². The van der Waals surface area contributed by atoms with Crippen molar-refractivity contribution < 1.29 is 34.2 Å². The van der Waals surface area contributed by atoms with E-state index in [1.54, 1.807) is 36.6 Å². The molecule has 176 valence electrons. The Hall–Kier alpha value is -3.12. The summed E-state index contributed by atoms with van der Waals surface area (Å²) in [5.74, 6) is -4.54. The standard InChI is InChI=1S/C20H28N4O7S/c1-32-8-7-13(20(30)31)23-19(29)15(10-17(26)27)24-18(28)14(22-16(25)11-21)9-12-5-3-2-4-6-12/h2-6,13-15H,7-11,21H2,1H3,(H,22,25)(H,23,29)(H,24,28)(H,26,27)(H,30,31). The number of thioether (sulfide) groups is 1. The summed E-state index contributed by atoms with van der Waals surface area (Å²) in [5, 5.41) is 25.5. The number of hydrogen-bond donors (Lipinski definition) is 6. The largest absolute Gasteiger partial charge is 0.481 e. The highest BCUT2D eigenvalue weighted by Gasteiger charge is 2.30. The summed E-state index contributed by atoms with van der Waals surface area (Å²) in [6.07, 6.45) is 1.20. The average Bonchev–Trinajstić information content (AvgIpc) is 2.75. The van der Waals surface area contributed by atoms with Crippen LogP contribution in [0.3, 0.4) is 0 Å². The van der Waals surface area contributed by atoms with Crippen LogP contribution in [0.2, 0.25) is 0 Å². The average molecular weight is 469 g/mol. The fraction of sp³-hybridized carbons (Fsp3) is 0.450. The van der Waals surface area contributed by atoms with Crippen molar-refractivity contribution in [2.75, 3.05) is 18.6 Å². The Bertz CT molecular complexity index is 806. The van der Waals surface area contributed by atoms with Gasteiger partial charge in [-0.05, 0) is 24.0 Å². The lowest BCUT2D eigenvalue weighted by Crippen LogP contribution is -2.57. The van der Waals surface area contributed by atoms with Crippen molar-refractivity contribution in [3.05, 3.63) is 35.9 Å². The number of nitrogens with two attached hydrogens (primary N) is 1. The van der Waals surface area contributed by atoms with E-state index in [0.717, 1.165) is 0 Å². The van der Waals surface area contributed by atoms with Crippen molar-refractivity contribution >= 4 is 41.4 Å². The van der Waals surface area contributed by atoms with Gasteiger partial charge < -0.3 is 31.9 Å². The first kappa shape index (κ1) is 26.9. The van der Waals surface area contributed by atoms with Gasteiger partial charge in [-0.15, -0.1) is 0 Å². The van der Waals surface area contributed by atoms with E-state index in [-0.39, 0.29) is 19.4 Å². The second-order valence-electron chi connectivity index (χ2n) is 6.85. The Morgan fingerprint density at radius 1 is 0.938 bits per heavy atom. The Kier molecular flexibility index (Phi) is 11.8. The second kappa shape index (κ2) is 14.0. The molecule has 0 bridgehead atoms. The van der Waals surface area contributed by atoms with Crippen LogP contribution in [0.5, 0.6) is 0 Å². The Balaban J connectivity index is 2.99. The molecule has 1 aromatic rings. The van der Waals surface area contributed by atoms with Crippen LogP contribution in [0, 0.1) is 0 Å². The third-order valence-electron chi connectivity index (χ3n) is 4.36. The molecule has 3 unspecified atom stereocenters. The van der Waals surface area contributed by atoms with Gasteiger partial charge in [-0.3, -0.25) is 19.2 Å². The van der Waals surface area contributed by atoms with Crippen LogP contribution < -0.4 is 21.7 Å². The Morgan fingerprint density at radius 3 is 2.06 bits per heavy atom. The summed E-state index contributed by atoms with van der Waals surface area (Å²) in [4.78, 5) is 59.8. The summed E-state index contributed by atoms with van der Waals surface area (Å²) < 4.78 is 0. The monoisotopic (exact) mass is 468 g/mol. The molecule has 0 radical (unpaired) electrons. The molecule has 0 saturated heterocycles. The summed E-state index contributed by atoms with van der Waals surface area (Å²) in [7, 11) is 0. The van der Waals surface area contributed by atoms with E-state index >= 15 is 0 Å². The first-order valence-corrected chi connectivity index (χ1v) is 11.1. The Labute approximate surface area is 189 Å². The van der Waals surface area contributed by atoms with Gasteiger partial charge in [-0.25, -0.2) is 4.79 Å². The van der Waals surface area contributed by atoms with Gasteiger partial charge in [0.25, 0.3) is 0 Å². The number of carboxylic acid groups (broad SMARTS) is 2. The number of carboxylic acids is 2. The zero-order valence-corrected chi connectivity index (χ0v) is 18.4. The molecule has 0 aliphatic heterocycles. The normalized spacial score (nSPS) is 13.3. The zero-order valence-electron chi connectivity index (χ0n) is 17.6. The van der Waals surface area contributed by atoms with Gasteiger partial charge in [-0.2, -0.15) is 11.8 Å². The molecule has 0 heterocycles. The minimum Gasteiger partial charge on any atom is -0.481 e. The van der Waals surface area contributed by atoms with Gasteiger partial charge in [0.2, 0.25) is 17.7 Å². The molecular weight excluding hydrogens is 440 g/mol. The quantitative estimate of drug-likeness (QED) is 0.198. The number of rotatable bonds is 14. The van der Waals surface area contributed by atoms with Crippen molar-refractivity contribution in [3.63, 3.8) is 0 Å². The summed E-state index contributed by atoms with van der Waals surface area (Å²) >= 11 is 1.39. The molecule has 0 spiro atoms. The number of carbonyl (C=O) groups is 5. The number of carbonyl (C=O) groups excluding carboxylic acids is 3. The number of amides is 3. The maximum Gasteiger partial charge on any atom is 0.326 e. The van der Waals surface area contributed by atoms with Gasteiger partial charge in [-0.1, -0.05) is 30.3 Å². The maximum absolute atomic E-state index is 12.8. The summed E-state index contributed by atoms with van der Waals surface area (Å²) in [5.41, 5.74) is 6.02. The second-order valence-corrected chi connectivity index (χ2v) is 7.84. The number of benzene rings is 1. The highest BCUT2D eigenvalue weighted by molar-refractivity contribution is 7.98.